The van der Waals surface area contributed by atoms with E-state index in [0.717, 1.165) is 38.2 Å². The van der Waals surface area contributed by atoms with Gasteiger partial charge in [0.2, 0.25) is 11.8 Å². The fourth-order valence-corrected chi connectivity index (χ4v) is 3.61. The molecule has 3 rings (SSSR count). The summed E-state index contributed by atoms with van der Waals surface area (Å²) in [5, 5.41) is 11.4. The van der Waals surface area contributed by atoms with Crippen molar-refractivity contribution in [3.8, 4) is 5.88 Å². The lowest BCUT2D eigenvalue weighted by atomic mass is 9.96. The van der Waals surface area contributed by atoms with Crippen LogP contribution in [0.25, 0.3) is 0 Å². The minimum Gasteiger partial charge on any atom is -0.480 e. The standard InChI is InChI=1S/C19H28N4O2/c1-25-18-10-9-17(21-22-18)23-13-5-8-16(14-23)19(24)20-12-11-15-6-3-2-4-7-15/h6,9-10,16H,2-5,7-8,11-14H2,1H3,(H,20,24)/t16-/m1/s1. The van der Waals surface area contributed by atoms with Crippen molar-refractivity contribution in [2.45, 2.75) is 44.9 Å². The number of hydrogen-bond acceptors (Lipinski definition) is 5. The highest BCUT2D eigenvalue weighted by molar-refractivity contribution is 5.79. The maximum Gasteiger partial charge on any atom is 0.233 e. The zero-order valence-electron chi connectivity index (χ0n) is 15.0. The molecular formula is C19H28N4O2. The first kappa shape index (κ1) is 17.7. The van der Waals surface area contributed by atoms with Crippen LogP contribution in [0.15, 0.2) is 23.8 Å². The van der Waals surface area contributed by atoms with Crippen molar-refractivity contribution in [3.63, 3.8) is 0 Å². The van der Waals surface area contributed by atoms with Crippen molar-refractivity contribution in [2.24, 2.45) is 5.92 Å². The summed E-state index contributed by atoms with van der Waals surface area (Å²) in [5.41, 5.74) is 1.50. The van der Waals surface area contributed by atoms with Gasteiger partial charge < -0.3 is 15.0 Å². The topological polar surface area (TPSA) is 67.3 Å². The molecule has 0 radical (unpaired) electrons. The number of carbonyl (C=O) groups excluding carboxylic acids is 1. The van der Waals surface area contributed by atoms with Gasteiger partial charge in [-0.2, -0.15) is 0 Å². The van der Waals surface area contributed by atoms with Gasteiger partial charge in [0, 0.05) is 25.7 Å². The van der Waals surface area contributed by atoms with Crippen molar-refractivity contribution < 1.29 is 9.53 Å². The minimum atomic E-state index is 0.0259. The van der Waals surface area contributed by atoms with Gasteiger partial charge in [0.15, 0.2) is 5.82 Å². The van der Waals surface area contributed by atoms with Crippen LogP contribution in [0.2, 0.25) is 0 Å². The van der Waals surface area contributed by atoms with Gasteiger partial charge >= 0.3 is 0 Å². The van der Waals surface area contributed by atoms with Crippen LogP contribution in [0, 0.1) is 5.92 Å². The van der Waals surface area contributed by atoms with Gasteiger partial charge in [0.25, 0.3) is 0 Å². The molecule has 0 aromatic carbocycles. The van der Waals surface area contributed by atoms with E-state index >= 15 is 0 Å². The van der Waals surface area contributed by atoms with Crippen LogP contribution < -0.4 is 15.0 Å². The Bertz CT molecular complexity index is 600. The van der Waals surface area contributed by atoms with E-state index in [1.807, 2.05) is 12.1 Å². The van der Waals surface area contributed by atoms with Gasteiger partial charge in [0.1, 0.15) is 0 Å². The highest BCUT2D eigenvalue weighted by atomic mass is 16.5. The number of piperidine rings is 1. The summed E-state index contributed by atoms with van der Waals surface area (Å²) in [5.74, 6) is 1.51. The largest absolute Gasteiger partial charge is 0.480 e. The Morgan fingerprint density at radius 1 is 1.32 bits per heavy atom. The Morgan fingerprint density at radius 3 is 2.96 bits per heavy atom. The highest BCUT2D eigenvalue weighted by Gasteiger charge is 2.26. The van der Waals surface area contributed by atoms with Crippen LogP contribution in [0.1, 0.15) is 44.9 Å². The molecule has 6 heteroatoms. The number of methoxy groups -OCH3 is 1. The summed E-state index contributed by atoms with van der Waals surface area (Å²) >= 11 is 0. The molecule has 0 unspecified atom stereocenters. The molecule has 1 aliphatic carbocycles. The molecule has 2 aliphatic rings. The molecule has 2 heterocycles. The first-order valence-electron chi connectivity index (χ1n) is 9.34. The summed E-state index contributed by atoms with van der Waals surface area (Å²) < 4.78 is 5.05. The summed E-state index contributed by atoms with van der Waals surface area (Å²) in [7, 11) is 1.58. The maximum absolute atomic E-state index is 12.5. The van der Waals surface area contributed by atoms with E-state index in [2.05, 4.69) is 26.5 Å². The Morgan fingerprint density at radius 2 is 2.24 bits per heavy atom. The number of anilines is 1. The minimum absolute atomic E-state index is 0.0259. The lowest BCUT2D eigenvalue weighted by Crippen LogP contribution is -2.43. The van der Waals surface area contributed by atoms with Gasteiger partial charge in [0.05, 0.1) is 13.0 Å². The van der Waals surface area contributed by atoms with Crippen molar-refractivity contribution in [1.29, 1.82) is 0 Å². The number of nitrogens with zero attached hydrogens (tertiary/aromatic N) is 3. The molecule has 136 valence electrons. The van der Waals surface area contributed by atoms with Crippen molar-refractivity contribution >= 4 is 11.7 Å². The molecule has 0 saturated carbocycles. The third kappa shape index (κ3) is 4.94. The number of rotatable bonds is 6. The Hall–Kier alpha value is -2.11. The second-order valence-corrected chi connectivity index (χ2v) is 6.87. The normalized spacial score (nSPS) is 20.8. The van der Waals surface area contributed by atoms with Crippen LogP contribution >= 0.6 is 0 Å². The number of carbonyl (C=O) groups is 1. The molecule has 1 N–H and O–H groups in total. The molecule has 0 spiro atoms. The summed E-state index contributed by atoms with van der Waals surface area (Å²) in [6.45, 7) is 2.37. The van der Waals surface area contributed by atoms with E-state index in [1.54, 1.807) is 7.11 Å². The number of hydrogen-bond donors (Lipinski definition) is 1. The Labute approximate surface area is 149 Å². The number of aromatic nitrogens is 2. The Kier molecular flexibility index (Phi) is 6.25. The molecule has 1 saturated heterocycles. The van der Waals surface area contributed by atoms with Gasteiger partial charge in [-0.15, -0.1) is 10.2 Å². The predicted molar refractivity (Wildman–Crippen MR) is 97.7 cm³/mol. The lowest BCUT2D eigenvalue weighted by molar-refractivity contribution is -0.125. The first-order valence-corrected chi connectivity index (χ1v) is 9.34. The van der Waals surface area contributed by atoms with Gasteiger partial charge in [-0.05, 0) is 51.0 Å². The van der Waals surface area contributed by atoms with Crippen LogP contribution in [-0.2, 0) is 4.79 Å². The average molecular weight is 344 g/mol. The molecule has 1 amide bonds. The zero-order chi connectivity index (χ0) is 17.5. The lowest BCUT2D eigenvalue weighted by Gasteiger charge is -2.32. The van der Waals surface area contributed by atoms with Crippen molar-refractivity contribution in [2.75, 3.05) is 31.6 Å². The molecule has 1 atom stereocenters. The summed E-state index contributed by atoms with van der Waals surface area (Å²) in [6, 6.07) is 3.71. The van der Waals surface area contributed by atoms with E-state index in [4.69, 9.17) is 4.74 Å². The molecule has 1 aliphatic heterocycles. The smallest absolute Gasteiger partial charge is 0.233 e. The van der Waals surface area contributed by atoms with Gasteiger partial charge in [-0.25, -0.2) is 0 Å². The number of allylic oxidation sites excluding steroid dienone is 1. The van der Waals surface area contributed by atoms with Crippen LogP contribution in [-0.4, -0.2) is 42.8 Å². The first-order chi connectivity index (χ1) is 12.3. The molecular weight excluding hydrogens is 316 g/mol. The fourth-order valence-electron chi connectivity index (χ4n) is 3.61. The summed E-state index contributed by atoms with van der Waals surface area (Å²) in [6.07, 6.45) is 10.3. The van der Waals surface area contributed by atoms with Crippen LogP contribution in [0.3, 0.4) is 0 Å². The average Bonchev–Trinajstić information content (AvgIpc) is 2.69. The predicted octanol–water partition coefficient (Wildman–Crippen LogP) is 2.71. The van der Waals surface area contributed by atoms with Crippen molar-refractivity contribution in [1.82, 2.24) is 15.5 Å². The molecule has 0 bridgehead atoms. The SMILES string of the molecule is COc1ccc(N2CCC[C@@H](C(=O)NCCC3=CCCCC3)C2)nn1. The van der Waals surface area contributed by atoms with Gasteiger partial charge in [-0.1, -0.05) is 11.6 Å². The quantitative estimate of drug-likeness (QED) is 0.804. The molecule has 6 nitrogen and oxygen atoms in total. The Balaban J connectivity index is 1.48. The molecule has 1 aromatic rings. The number of nitrogens with one attached hydrogen (secondary N) is 1. The van der Waals surface area contributed by atoms with E-state index < -0.39 is 0 Å². The number of amides is 1. The van der Waals surface area contributed by atoms with Crippen LogP contribution in [0.4, 0.5) is 5.82 Å². The van der Waals surface area contributed by atoms with E-state index in [9.17, 15) is 4.79 Å². The summed E-state index contributed by atoms with van der Waals surface area (Å²) in [4.78, 5) is 14.6. The number of ether oxygens (including phenoxy) is 1. The van der Waals surface area contributed by atoms with Gasteiger partial charge in [-0.3, -0.25) is 4.79 Å². The molecule has 1 aromatic heterocycles. The second-order valence-electron chi connectivity index (χ2n) is 6.87. The van der Waals surface area contributed by atoms with Crippen LogP contribution in [0.5, 0.6) is 5.88 Å². The van der Waals surface area contributed by atoms with Crippen molar-refractivity contribution in [3.05, 3.63) is 23.8 Å². The monoisotopic (exact) mass is 344 g/mol. The zero-order valence-corrected chi connectivity index (χ0v) is 15.0. The maximum atomic E-state index is 12.5. The molecule has 1 fully saturated rings. The molecule has 25 heavy (non-hydrogen) atoms. The second kappa shape index (κ2) is 8.83. The van der Waals surface area contributed by atoms with E-state index in [-0.39, 0.29) is 11.8 Å². The third-order valence-corrected chi connectivity index (χ3v) is 5.08. The highest BCUT2D eigenvalue weighted by Crippen LogP contribution is 2.23. The van der Waals surface area contributed by atoms with E-state index in [1.165, 1.54) is 31.3 Å². The third-order valence-electron chi connectivity index (χ3n) is 5.08. The van der Waals surface area contributed by atoms with E-state index in [0.29, 0.717) is 12.4 Å². The fraction of sp³-hybridized carbons (Fsp3) is 0.632.